The normalized spacial score (nSPS) is 15.9. The van der Waals surface area contributed by atoms with Gasteiger partial charge in [0, 0.05) is 35.4 Å². The van der Waals surface area contributed by atoms with Gasteiger partial charge in [0.05, 0.1) is 0 Å². The van der Waals surface area contributed by atoms with Crippen molar-refractivity contribution in [1.82, 2.24) is 9.80 Å². The van der Waals surface area contributed by atoms with Crippen LogP contribution in [0.15, 0.2) is 65.5 Å². The number of ether oxygens (including phenoxy) is 1. The van der Waals surface area contributed by atoms with Crippen LogP contribution in [0.5, 0.6) is 0 Å². The highest BCUT2D eigenvalue weighted by molar-refractivity contribution is 6.31. The van der Waals surface area contributed by atoms with Crippen molar-refractivity contribution in [1.29, 1.82) is 0 Å². The number of carbonyl (C=O) groups is 2. The van der Waals surface area contributed by atoms with Gasteiger partial charge in [0.25, 0.3) is 5.91 Å². The van der Waals surface area contributed by atoms with Gasteiger partial charge in [-0.1, -0.05) is 41.4 Å². The van der Waals surface area contributed by atoms with Crippen molar-refractivity contribution in [2.75, 3.05) is 18.4 Å². The molecule has 0 atom stereocenters. The van der Waals surface area contributed by atoms with Crippen LogP contribution in [-0.2, 0) is 16.1 Å². The molecule has 0 spiro atoms. The number of carbonyl (C=O) groups excluding carboxylic acids is 2. The smallest absolute Gasteiger partial charge is 0.348 e. The van der Waals surface area contributed by atoms with Crippen molar-refractivity contribution in [3.63, 3.8) is 0 Å². The van der Waals surface area contributed by atoms with Crippen LogP contribution < -0.4 is 5.32 Å². The van der Waals surface area contributed by atoms with Gasteiger partial charge in [-0.25, -0.2) is 4.79 Å². The highest BCUT2D eigenvalue weighted by Gasteiger charge is 2.33. The van der Waals surface area contributed by atoms with Crippen LogP contribution in [0.2, 0.25) is 10.0 Å². The largest absolute Gasteiger partial charge is 0.431 e. The Labute approximate surface area is 177 Å². The van der Waals surface area contributed by atoms with Crippen molar-refractivity contribution in [2.45, 2.75) is 6.54 Å². The molecular weight excluding hydrogens is 415 g/mol. The van der Waals surface area contributed by atoms with Gasteiger partial charge in [-0.2, -0.15) is 0 Å². The van der Waals surface area contributed by atoms with Crippen molar-refractivity contribution in [3.05, 3.63) is 76.1 Å². The highest BCUT2D eigenvalue weighted by atomic mass is 35.5. The first-order chi connectivity index (χ1) is 14.0. The highest BCUT2D eigenvalue weighted by Crippen LogP contribution is 2.22. The molecule has 0 aliphatic carbocycles. The molecule has 9 heteroatoms. The summed E-state index contributed by atoms with van der Waals surface area (Å²) in [6.07, 6.45) is 1.29. The molecule has 7 nitrogen and oxygen atoms in total. The third-order valence-electron chi connectivity index (χ3n) is 4.43. The quantitative estimate of drug-likeness (QED) is 0.791. The summed E-state index contributed by atoms with van der Waals surface area (Å²) in [6.45, 7) is 1.08. The minimum absolute atomic E-state index is 0.0832. The Bertz CT molecular complexity index is 1040. The molecule has 29 heavy (non-hydrogen) atoms. The van der Waals surface area contributed by atoms with Crippen LogP contribution in [0.3, 0.4) is 0 Å². The molecule has 0 unspecified atom stereocenters. The van der Waals surface area contributed by atoms with Crippen LogP contribution in [0.4, 0.5) is 10.5 Å². The zero-order chi connectivity index (χ0) is 20.4. The summed E-state index contributed by atoms with van der Waals surface area (Å²) < 4.78 is 5.38. The summed E-state index contributed by atoms with van der Waals surface area (Å²) in [5, 5.41) is 3.88. The number of amidine groups is 1. The summed E-state index contributed by atoms with van der Waals surface area (Å²) in [6, 6.07) is 13.8. The van der Waals surface area contributed by atoms with Gasteiger partial charge < -0.3 is 15.0 Å². The van der Waals surface area contributed by atoms with E-state index in [-0.39, 0.29) is 17.6 Å². The summed E-state index contributed by atoms with van der Waals surface area (Å²) in [7, 11) is 0. The van der Waals surface area contributed by atoms with Gasteiger partial charge in [0.15, 0.2) is 0 Å². The predicted molar refractivity (Wildman–Crippen MR) is 111 cm³/mol. The van der Waals surface area contributed by atoms with E-state index in [1.807, 2.05) is 12.1 Å². The van der Waals surface area contributed by atoms with E-state index < -0.39 is 6.03 Å². The summed E-state index contributed by atoms with van der Waals surface area (Å²) in [5.74, 6) is -0.381. The number of anilines is 1. The van der Waals surface area contributed by atoms with Gasteiger partial charge in [0.2, 0.25) is 0 Å². The molecule has 2 aromatic carbocycles. The molecule has 2 heterocycles. The van der Waals surface area contributed by atoms with Crippen LogP contribution in [0.25, 0.3) is 0 Å². The lowest BCUT2D eigenvalue weighted by atomic mass is 10.2. The van der Waals surface area contributed by atoms with Crippen molar-refractivity contribution >= 4 is 46.8 Å². The Morgan fingerprint density at radius 2 is 1.86 bits per heavy atom. The van der Waals surface area contributed by atoms with Crippen LogP contribution >= 0.6 is 23.2 Å². The molecule has 0 saturated heterocycles. The molecule has 0 radical (unpaired) electrons. The van der Waals surface area contributed by atoms with E-state index in [1.54, 1.807) is 46.2 Å². The Morgan fingerprint density at radius 3 is 2.62 bits per heavy atom. The molecular formula is C20H16Cl2N4O3. The molecule has 0 fully saturated rings. The first kappa shape index (κ1) is 19.3. The SMILES string of the molecule is O=C(Nc1cccc(Cl)c1)C1=COC2=NC(=O)N(Cc3cccc(Cl)c3)CCN12. The molecule has 2 aliphatic heterocycles. The number of urea groups is 1. The molecule has 2 aromatic rings. The van der Waals surface area contributed by atoms with Gasteiger partial charge in [0.1, 0.15) is 12.0 Å². The minimum Gasteiger partial charge on any atom is -0.431 e. The molecule has 3 amide bonds. The van der Waals surface area contributed by atoms with E-state index in [0.29, 0.717) is 35.4 Å². The maximum absolute atomic E-state index is 12.7. The number of hydrogen-bond acceptors (Lipinski definition) is 4. The molecule has 0 saturated carbocycles. The maximum Gasteiger partial charge on any atom is 0.348 e. The second-order valence-electron chi connectivity index (χ2n) is 6.47. The fraction of sp³-hybridized carbons (Fsp3) is 0.150. The number of nitrogens with one attached hydrogen (secondary N) is 1. The van der Waals surface area contributed by atoms with Gasteiger partial charge in [-0.3, -0.25) is 9.69 Å². The Hall–Kier alpha value is -3.03. The van der Waals surface area contributed by atoms with E-state index in [9.17, 15) is 9.59 Å². The lowest BCUT2D eigenvalue weighted by molar-refractivity contribution is -0.113. The molecule has 1 N–H and O–H groups in total. The lowest BCUT2D eigenvalue weighted by Crippen LogP contribution is -2.36. The second kappa shape index (κ2) is 8.14. The third-order valence-corrected chi connectivity index (χ3v) is 4.90. The fourth-order valence-corrected chi connectivity index (χ4v) is 3.45. The monoisotopic (exact) mass is 430 g/mol. The van der Waals surface area contributed by atoms with E-state index in [1.165, 1.54) is 6.26 Å². The molecule has 0 bridgehead atoms. The molecule has 4 rings (SSSR count). The predicted octanol–water partition coefficient (Wildman–Crippen LogP) is 4.10. The van der Waals surface area contributed by atoms with Crippen LogP contribution in [0.1, 0.15) is 5.56 Å². The second-order valence-corrected chi connectivity index (χ2v) is 7.34. The topological polar surface area (TPSA) is 74.2 Å². The number of hydrogen-bond donors (Lipinski definition) is 1. The first-order valence-electron chi connectivity index (χ1n) is 8.83. The summed E-state index contributed by atoms with van der Waals surface area (Å²) in [4.78, 5) is 32.4. The van der Waals surface area contributed by atoms with E-state index in [2.05, 4.69) is 10.3 Å². The number of nitrogens with zero attached hydrogens (tertiary/aromatic N) is 3. The van der Waals surface area contributed by atoms with Crippen molar-refractivity contribution < 1.29 is 14.3 Å². The number of halogens is 2. The molecule has 2 aliphatic rings. The standard InChI is InChI=1S/C20H16Cl2N4O3/c21-14-4-1-3-13(9-14)11-25-7-8-26-17(12-29-20(26)24-19(25)28)18(27)23-16-6-2-5-15(22)10-16/h1-6,9-10,12H,7-8,11H2,(H,23,27). The summed E-state index contributed by atoms with van der Waals surface area (Å²) in [5.41, 5.74) is 1.71. The maximum atomic E-state index is 12.7. The Morgan fingerprint density at radius 1 is 1.10 bits per heavy atom. The van der Waals surface area contributed by atoms with Gasteiger partial charge in [-0.15, -0.1) is 4.99 Å². The molecule has 0 aromatic heterocycles. The van der Waals surface area contributed by atoms with Gasteiger partial charge >= 0.3 is 12.1 Å². The Kier molecular flexibility index (Phi) is 5.42. The average molecular weight is 431 g/mol. The lowest BCUT2D eigenvalue weighted by Gasteiger charge is -2.21. The zero-order valence-corrected chi connectivity index (χ0v) is 16.7. The number of rotatable bonds is 4. The number of aliphatic imine (C=N–C) groups is 1. The van der Waals surface area contributed by atoms with E-state index in [0.717, 1.165) is 5.56 Å². The Balaban J connectivity index is 1.46. The zero-order valence-electron chi connectivity index (χ0n) is 15.1. The minimum atomic E-state index is -0.438. The fourth-order valence-electron chi connectivity index (χ4n) is 3.05. The van der Waals surface area contributed by atoms with Gasteiger partial charge in [-0.05, 0) is 35.9 Å². The van der Waals surface area contributed by atoms with E-state index >= 15 is 0 Å². The number of benzene rings is 2. The summed E-state index contributed by atoms with van der Waals surface area (Å²) >= 11 is 12.0. The number of fused-ring (bicyclic) bond motifs is 1. The molecule has 148 valence electrons. The third kappa shape index (κ3) is 4.36. The number of amides is 3. The van der Waals surface area contributed by atoms with Crippen LogP contribution in [0, 0.1) is 0 Å². The van der Waals surface area contributed by atoms with Crippen molar-refractivity contribution in [3.8, 4) is 0 Å². The first-order valence-corrected chi connectivity index (χ1v) is 9.58. The van der Waals surface area contributed by atoms with Crippen molar-refractivity contribution in [2.24, 2.45) is 4.99 Å². The van der Waals surface area contributed by atoms with Crippen LogP contribution in [-0.4, -0.2) is 40.8 Å². The van der Waals surface area contributed by atoms with E-state index in [4.69, 9.17) is 27.9 Å². The average Bonchev–Trinajstić information content (AvgIpc) is 3.01.